The van der Waals surface area contributed by atoms with Crippen LogP contribution in [0.3, 0.4) is 0 Å². The van der Waals surface area contributed by atoms with E-state index in [1.807, 2.05) is 24.3 Å². The second kappa shape index (κ2) is 7.53. The average molecular weight is 260 g/mol. The van der Waals surface area contributed by atoms with Crippen LogP contribution in [-0.4, -0.2) is 18.3 Å². The molecule has 16 heavy (non-hydrogen) atoms. The molecule has 0 spiro atoms. The van der Waals surface area contributed by atoms with Crippen molar-refractivity contribution in [2.24, 2.45) is 0 Å². The standard InChI is InChI=1S/C12H15Cl2NO/c13-8-1-2-12(16)15-9-7-10-3-5-11(14)6-4-10/h3-6H,1-2,7-9H2,(H,15,16). The third-order valence-electron chi connectivity index (χ3n) is 2.19. The van der Waals surface area contributed by atoms with Gasteiger partial charge in [-0.2, -0.15) is 0 Å². The normalized spacial score (nSPS) is 10.1. The largest absolute Gasteiger partial charge is 0.356 e. The summed E-state index contributed by atoms with van der Waals surface area (Å²) < 4.78 is 0. The predicted molar refractivity (Wildman–Crippen MR) is 68.1 cm³/mol. The molecule has 1 amide bonds. The maximum Gasteiger partial charge on any atom is 0.220 e. The number of carbonyl (C=O) groups is 1. The van der Waals surface area contributed by atoms with Gasteiger partial charge >= 0.3 is 0 Å². The van der Waals surface area contributed by atoms with Crippen LogP contribution in [0.5, 0.6) is 0 Å². The van der Waals surface area contributed by atoms with Gasteiger partial charge in [0.15, 0.2) is 0 Å². The fourth-order valence-corrected chi connectivity index (χ4v) is 1.57. The van der Waals surface area contributed by atoms with Crippen molar-refractivity contribution in [3.05, 3.63) is 34.9 Å². The zero-order valence-corrected chi connectivity index (χ0v) is 10.5. The topological polar surface area (TPSA) is 29.1 Å². The molecule has 0 bridgehead atoms. The van der Waals surface area contributed by atoms with Gasteiger partial charge in [-0.15, -0.1) is 11.6 Å². The molecule has 0 aliphatic rings. The Hall–Kier alpha value is -0.730. The van der Waals surface area contributed by atoms with Gasteiger partial charge in [0, 0.05) is 23.9 Å². The Morgan fingerprint density at radius 1 is 1.25 bits per heavy atom. The van der Waals surface area contributed by atoms with Crippen molar-refractivity contribution in [2.75, 3.05) is 12.4 Å². The molecule has 0 saturated carbocycles. The van der Waals surface area contributed by atoms with Crippen LogP contribution in [0.2, 0.25) is 5.02 Å². The van der Waals surface area contributed by atoms with E-state index >= 15 is 0 Å². The molecule has 0 unspecified atom stereocenters. The zero-order chi connectivity index (χ0) is 11.8. The van der Waals surface area contributed by atoms with Crippen LogP contribution in [0.4, 0.5) is 0 Å². The summed E-state index contributed by atoms with van der Waals surface area (Å²) in [5, 5.41) is 3.58. The number of hydrogen-bond acceptors (Lipinski definition) is 1. The zero-order valence-electron chi connectivity index (χ0n) is 9.01. The van der Waals surface area contributed by atoms with E-state index < -0.39 is 0 Å². The lowest BCUT2D eigenvalue weighted by atomic mass is 10.1. The highest BCUT2D eigenvalue weighted by Crippen LogP contribution is 2.09. The molecule has 0 aromatic heterocycles. The minimum absolute atomic E-state index is 0.0645. The second-order valence-corrected chi connectivity index (χ2v) is 4.33. The van der Waals surface area contributed by atoms with Crippen LogP contribution >= 0.6 is 23.2 Å². The van der Waals surface area contributed by atoms with E-state index in [0.29, 0.717) is 18.8 Å². The molecule has 4 heteroatoms. The van der Waals surface area contributed by atoms with Crippen molar-refractivity contribution >= 4 is 29.1 Å². The van der Waals surface area contributed by atoms with Gasteiger partial charge in [-0.25, -0.2) is 0 Å². The molecule has 0 saturated heterocycles. The van der Waals surface area contributed by atoms with Crippen molar-refractivity contribution in [3.8, 4) is 0 Å². The summed E-state index contributed by atoms with van der Waals surface area (Å²) in [6, 6.07) is 7.64. The van der Waals surface area contributed by atoms with E-state index in [0.717, 1.165) is 17.9 Å². The Balaban J connectivity index is 2.20. The summed E-state index contributed by atoms with van der Waals surface area (Å²) in [4.78, 5) is 11.3. The number of amides is 1. The molecule has 0 radical (unpaired) electrons. The Bertz CT molecular complexity index is 324. The maximum atomic E-state index is 11.3. The summed E-state index contributed by atoms with van der Waals surface area (Å²) >= 11 is 11.3. The van der Waals surface area contributed by atoms with Crippen molar-refractivity contribution in [1.29, 1.82) is 0 Å². The highest BCUT2D eigenvalue weighted by molar-refractivity contribution is 6.30. The number of halogens is 2. The molecule has 2 nitrogen and oxygen atoms in total. The maximum absolute atomic E-state index is 11.3. The lowest BCUT2D eigenvalue weighted by molar-refractivity contribution is -0.121. The summed E-state index contributed by atoms with van der Waals surface area (Å²) in [5.74, 6) is 0.597. The van der Waals surface area contributed by atoms with Gasteiger partial charge in [-0.05, 0) is 30.5 Å². The Morgan fingerprint density at radius 2 is 1.94 bits per heavy atom. The van der Waals surface area contributed by atoms with Crippen LogP contribution in [0.1, 0.15) is 18.4 Å². The van der Waals surface area contributed by atoms with E-state index in [2.05, 4.69) is 5.32 Å². The van der Waals surface area contributed by atoms with E-state index in [9.17, 15) is 4.79 Å². The molecular formula is C12H15Cl2NO. The number of carbonyl (C=O) groups excluding carboxylic acids is 1. The van der Waals surface area contributed by atoms with Crippen LogP contribution in [0.15, 0.2) is 24.3 Å². The Labute approximate surface area is 106 Å². The van der Waals surface area contributed by atoms with Crippen molar-refractivity contribution in [2.45, 2.75) is 19.3 Å². The first-order chi connectivity index (χ1) is 7.72. The monoisotopic (exact) mass is 259 g/mol. The summed E-state index contributed by atoms with van der Waals surface area (Å²) in [6.45, 7) is 0.656. The minimum Gasteiger partial charge on any atom is -0.356 e. The quantitative estimate of drug-likeness (QED) is 0.782. The van der Waals surface area contributed by atoms with E-state index in [-0.39, 0.29) is 5.91 Å². The van der Waals surface area contributed by atoms with Crippen LogP contribution in [0, 0.1) is 0 Å². The Morgan fingerprint density at radius 3 is 2.56 bits per heavy atom. The van der Waals surface area contributed by atoms with Crippen LogP contribution < -0.4 is 5.32 Å². The molecule has 1 aromatic carbocycles. The third-order valence-corrected chi connectivity index (χ3v) is 2.71. The van der Waals surface area contributed by atoms with Crippen LogP contribution in [-0.2, 0) is 11.2 Å². The summed E-state index contributed by atoms with van der Waals surface area (Å²) in [7, 11) is 0. The molecule has 0 atom stereocenters. The van der Waals surface area contributed by atoms with E-state index in [1.165, 1.54) is 5.56 Å². The fraction of sp³-hybridized carbons (Fsp3) is 0.417. The third kappa shape index (κ3) is 5.38. The van der Waals surface area contributed by atoms with Gasteiger partial charge in [-0.3, -0.25) is 4.79 Å². The molecule has 1 N–H and O–H groups in total. The van der Waals surface area contributed by atoms with Gasteiger partial charge in [0.25, 0.3) is 0 Å². The fourth-order valence-electron chi connectivity index (χ4n) is 1.31. The molecule has 1 aromatic rings. The summed E-state index contributed by atoms with van der Waals surface area (Å²) in [5.41, 5.74) is 1.17. The number of alkyl halides is 1. The molecule has 1 rings (SSSR count). The molecule has 0 fully saturated rings. The van der Waals surface area contributed by atoms with Crippen molar-refractivity contribution in [3.63, 3.8) is 0 Å². The highest BCUT2D eigenvalue weighted by Gasteiger charge is 1.99. The molecule has 0 aliphatic heterocycles. The van der Waals surface area contributed by atoms with Gasteiger partial charge in [0.05, 0.1) is 0 Å². The van der Waals surface area contributed by atoms with Gasteiger partial charge in [-0.1, -0.05) is 23.7 Å². The lowest BCUT2D eigenvalue weighted by Crippen LogP contribution is -2.25. The molecular weight excluding hydrogens is 245 g/mol. The van der Waals surface area contributed by atoms with Crippen molar-refractivity contribution in [1.82, 2.24) is 5.32 Å². The first-order valence-electron chi connectivity index (χ1n) is 5.29. The Kier molecular flexibility index (Phi) is 6.27. The number of nitrogens with one attached hydrogen (secondary N) is 1. The molecule has 88 valence electrons. The van der Waals surface area contributed by atoms with Crippen LogP contribution in [0.25, 0.3) is 0 Å². The average Bonchev–Trinajstić information content (AvgIpc) is 2.29. The molecule has 0 heterocycles. The highest BCUT2D eigenvalue weighted by atomic mass is 35.5. The first kappa shape index (κ1) is 13.3. The van der Waals surface area contributed by atoms with E-state index in [4.69, 9.17) is 23.2 Å². The first-order valence-corrected chi connectivity index (χ1v) is 6.20. The van der Waals surface area contributed by atoms with Gasteiger partial charge < -0.3 is 5.32 Å². The minimum atomic E-state index is 0.0645. The smallest absolute Gasteiger partial charge is 0.220 e. The van der Waals surface area contributed by atoms with Gasteiger partial charge in [0.2, 0.25) is 5.91 Å². The summed E-state index contributed by atoms with van der Waals surface area (Å²) in [6.07, 6.45) is 2.06. The van der Waals surface area contributed by atoms with Crippen molar-refractivity contribution < 1.29 is 4.79 Å². The number of hydrogen-bond donors (Lipinski definition) is 1. The van der Waals surface area contributed by atoms with Gasteiger partial charge in [0.1, 0.15) is 0 Å². The number of rotatable bonds is 6. The lowest BCUT2D eigenvalue weighted by Gasteiger charge is -2.04. The van der Waals surface area contributed by atoms with E-state index in [1.54, 1.807) is 0 Å². The predicted octanol–water partition coefficient (Wildman–Crippen LogP) is 3.02. The second-order valence-electron chi connectivity index (χ2n) is 3.52. The number of benzene rings is 1. The SMILES string of the molecule is O=C(CCCCl)NCCc1ccc(Cl)cc1. The molecule has 0 aliphatic carbocycles.